The summed E-state index contributed by atoms with van der Waals surface area (Å²) in [6, 6.07) is 2.65. The third-order valence-electron chi connectivity index (χ3n) is 1.98. The molecule has 0 radical (unpaired) electrons. The Morgan fingerprint density at radius 2 is 2.12 bits per heavy atom. The van der Waals surface area contributed by atoms with Crippen LogP contribution in [-0.2, 0) is 14.3 Å². The van der Waals surface area contributed by atoms with E-state index in [1.807, 2.05) is 0 Å². The van der Waals surface area contributed by atoms with Crippen LogP contribution >= 0.6 is 15.9 Å². The van der Waals surface area contributed by atoms with Crippen LogP contribution in [0.15, 0.2) is 16.6 Å². The van der Waals surface area contributed by atoms with Crippen molar-refractivity contribution in [3.8, 4) is 0 Å². The van der Waals surface area contributed by atoms with E-state index in [1.165, 1.54) is 12.1 Å². The van der Waals surface area contributed by atoms with Gasteiger partial charge >= 0.3 is 11.9 Å². The standard InChI is InChI=1S/C11H11BrFNO3/c1-3-17-11(16)10(15)14-9-5-7(12)8(13)4-6(9)2/h4-5H,3H2,1-2H3,(H,14,15). The number of nitrogens with one attached hydrogen (secondary N) is 1. The van der Waals surface area contributed by atoms with Gasteiger partial charge in [-0.25, -0.2) is 9.18 Å². The molecule has 1 rings (SSSR count). The number of halogens is 2. The van der Waals surface area contributed by atoms with Gasteiger partial charge in [0.25, 0.3) is 0 Å². The van der Waals surface area contributed by atoms with Crippen molar-refractivity contribution >= 4 is 33.5 Å². The van der Waals surface area contributed by atoms with Crippen molar-refractivity contribution in [1.29, 1.82) is 0 Å². The molecule has 1 N–H and O–H groups in total. The van der Waals surface area contributed by atoms with Gasteiger partial charge < -0.3 is 10.1 Å². The average molecular weight is 304 g/mol. The predicted molar refractivity (Wildman–Crippen MR) is 64.1 cm³/mol. The zero-order valence-corrected chi connectivity index (χ0v) is 10.9. The van der Waals surface area contributed by atoms with Crippen LogP contribution in [0.1, 0.15) is 12.5 Å². The summed E-state index contributed by atoms with van der Waals surface area (Å²) < 4.78 is 17.9. The Morgan fingerprint density at radius 1 is 1.47 bits per heavy atom. The molecule has 1 amide bonds. The fourth-order valence-corrected chi connectivity index (χ4v) is 1.49. The molecule has 0 aliphatic heterocycles. The molecule has 1 aromatic carbocycles. The Morgan fingerprint density at radius 3 is 2.71 bits per heavy atom. The molecule has 0 fully saturated rings. The highest BCUT2D eigenvalue weighted by atomic mass is 79.9. The van der Waals surface area contributed by atoms with Gasteiger partial charge in [0.1, 0.15) is 5.82 Å². The minimum Gasteiger partial charge on any atom is -0.459 e. The maximum Gasteiger partial charge on any atom is 0.397 e. The van der Waals surface area contributed by atoms with E-state index in [0.29, 0.717) is 11.3 Å². The topological polar surface area (TPSA) is 55.4 Å². The minimum absolute atomic E-state index is 0.123. The molecule has 92 valence electrons. The van der Waals surface area contributed by atoms with Crippen molar-refractivity contribution in [2.75, 3.05) is 11.9 Å². The summed E-state index contributed by atoms with van der Waals surface area (Å²) in [4.78, 5) is 22.4. The molecule has 1 aromatic rings. The first-order chi connectivity index (χ1) is 7.95. The van der Waals surface area contributed by atoms with Gasteiger partial charge in [0.15, 0.2) is 0 Å². The van der Waals surface area contributed by atoms with E-state index < -0.39 is 17.7 Å². The van der Waals surface area contributed by atoms with Crippen LogP contribution in [-0.4, -0.2) is 18.5 Å². The van der Waals surface area contributed by atoms with E-state index in [4.69, 9.17) is 0 Å². The lowest BCUT2D eigenvalue weighted by Gasteiger charge is -2.08. The highest BCUT2D eigenvalue weighted by molar-refractivity contribution is 9.10. The SMILES string of the molecule is CCOC(=O)C(=O)Nc1cc(Br)c(F)cc1C. The Bertz CT molecular complexity index is 462. The quantitative estimate of drug-likeness (QED) is 0.674. The average Bonchev–Trinajstić information content (AvgIpc) is 2.26. The molecule has 6 heteroatoms. The Balaban J connectivity index is 2.85. The molecule has 17 heavy (non-hydrogen) atoms. The first-order valence-corrected chi connectivity index (χ1v) is 5.68. The van der Waals surface area contributed by atoms with Crippen molar-refractivity contribution in [3.05, 3.63) is 28.0 Å². The molecule has 0 aromatic heterocycles. The summed E-state index contributed by atoms with van der Waals surface area (Å²) in [5.74, 6) is -2.28. The number of carbonyl (C=O) groups excluding carboxylic acids is 2. The summed E-state index contributed by atoms with van der Waals surface area (Å²) in [6.07, 6.45) is 0. The van der Waals surface area contributed by atoms with Crippen LogP contribution in [0.25, 0.3) is 0 Å². The Hall–Kier alpha value is -1.43. The molecular formula is C11H11BrFNO3. The number of hydrogen-bond acceptors (Lipinski definition) is 3. The predicted octanol–water partition coefficient (Wildman–Crippen LogP) is 2.40. The number of benzene rings is 1. The highest BCUT2D eigenvalue weighted by Crippen LogP contribution is 2.24. The van der Waals surface area contributed by atoms with Gasteiger partial charge in [-0.15, -0.1) is 0 Å². The van der Waals surface area contributed by atoms with Gasteiger partial charge in [0.05, 0.1) is 11.1 Å². The molecule has 0 unspecified atom stereocenters. The largest absolute Gasteiger partial charge is 0.459 e. The first-order valence-electron chi connectivity index (χ1n) is 4.89. The second-order valence-corrected chi connectivity index (χ2v) is 4.11. The second kappa shape index (κ2) is 5.77. The van der Waals surface area contributed by atoms with E-state index in [-0.39, 0.29) is 11.1 Å². The van der Waals surface area contributed by atoms with Crippen LogP contribution in [0.2, 0.25) is 0 Å². The van der Waals surface area contributed by atoms with Gasteiger partial charge in [-0.05, 0) is 47.5 Å². The van der Waals surface area contributed by atoms with Crippen LogP contribution in [0, 0.1) is 12.7 Å². The van der Waals surface area contributed by atoms with Gasteiger partial charge in [0, 0.05) is 5.69 Å². The molecule has 0 saturated carbocycles. The normalized spacial score (nSPS) is 9.88. The van der Waals surface area contributed by atoms with Crippen molar-refractivity contribution in [2.24, 2.45) is 0 Å². The zero-order chi connectivity index (χ0) is 13.0. The third kappa shape index (κ3) is 3.52. The number of anilines is 1. The van der Waals surface area contributed by atoms with Crippen molar-refractivity contribution in [1.82, 2.24) is 0 Å². The fourth-order valence-electron chi connectivity index (χ4n) is 1.15. The molecule has 0 aliphatic rings. The first kappa shape index (κ1) is 13.6. The number of hydrogen-bond donors (Lipinski definition) is 1. The lowest BCUT2D eigenvalue weighted by molar-refractivity contribution is -0.152. The second-order valence-electron chi connectivity index (χ2n) is 3.26. The van der Waals surface area contributed by atoms with Crippen molar-refractivity contribution in [2.45, 2.75) is 13.8 Å². The third-order valence-corrected chi connectivity index (χ3v) is 2.58. The summed E-state index contributed by atoms with van der Waals surface area (Å²) in [5.41, 5.74) is 0.875. The Kier molecular flexibility index (Phi) is 4.62. The lowest BCUT2D eigenvalue weighted by atomic mass is 10.2. The molecule has 0 heterocycles. The summed E-state index contributed by atoms with van der Waals surface area (Å²) in [7, 11) is 0. The molecule has 0 aliphatic carbocycles. The monoisotopic (exact) mass is 303 g/mol. The Labute approximate surface area is 106 Å². The maximum absolute atomic E-state index is 13.1. The number of aryl methyl sites for hydroxylation is 1. The number of esters is 1. The van der Waals surface area contributed by atoms with E-state index in [0.717, 1.165) is 0 Å². The zero-order valence-electron chi connectivity index (χ0n) is 9.34. The molecule has 0 spiro atoms. The lowest BCUT2D eigenvalue weighted by Crippen LogP contribution is -2.25. The fraction of sp³-hybridized carbons (Fsp3) is 0.273. The molecular weight excluding hydrogens is 293 g/mol. The van der Waals surface area contributed by atoms with E-state index >= 15 is 0 Å². The number of rotatable bonds is 2. The van der Waals surface area contributed by atoms with Crippen LogP contribution in [0.3, 0.4) is 0 Å². The summed E-state index contributed by atoms with van der Waals surface area (Å²) in [6.45, 7) is 3.35. The van der Waals surface area contributed by atoms with Gasteiger partial charge in [-0.1, -0.05) is 0 Å². The van der Waals surface area contributed by atoms with Crippen LogP contribution in [0.5, 0.6) is 0 Å². The van der Waals surface area contributed by atoms with Crippen LogP contribution < -0.4 is 5.32 Å². The van der Waals surface area contributed by atoms with Crippen molar-refractivity contribution < 1.29 is 18.7 Å². The van der Waals surface area contributed by atoms with E-state index in [2.05, 4.69) is 26.0 Å². The number of carbonyl (C=O) groups is 2. The number of amides is 1. The van der Waals surface area contributed by atoms with Gasteiger partial charge in [-0.2, -0.15) is 0 Å². The highest BCUT2D eigenvalue weighted by Gasteiger charge is 2.16. The van der Waals surface area contributed by atoms with Crippen LogP contribution in [0.4, 0.5) is 10.1 Å². The molecule has 0 saturated heterocycles. The summed E-state index contributed by atoms with van der Waals surface area (Å²) in [5, 5.41) is 2.35. The molecule has 4 nitrogen and oxygen atoms in total. The number of ether oxygens (including phenoxy) is 1. The molecule has 0 bridgehead atoms. The van der Waals surface area contributed by atoms with Gasteiger partial charge in [0.2, 0.25) is 0 Å². The van der Waals surface area contributed by atoms with Crippen molar-refractivity contribution in [3.63, 3.8) is 0 Å². The van der Waals surface area contributed by atoms with E-state index in [1.54, 1.807) is 13.8 Å². The molecule has 0 atom stereocenters. The van der Waals surface area contributed by atoms with Gasteiger partial charge in [-0.3, -0.25) is 4.79 Å². The van der Waals surface area contributed by atoms with E-state index in [9.17, 15) is 14.0 Å². The smallest absolute Gasteiger partial charge is 0.397 e. The minimum atomic E-state index is -0.965. The maximum atomic E-state index is 13.1. The summed E-state index contributed by atoms with van der Waals surface area (Å²) >= 11 is 3.00.